The topological polar surface area (TPSA) is 64.4 Å². The fourth-order valence-corrected chi connectivity index (χ4v) is 0.770. The van der Waals surface area contributed by atoms with Crippen molar-refractivity contribution in [2.75, 3.05) is 0 Å². The largest absolute Gasteiger partial charge is 0.403 e. The molecule has 0 unspecified atom stereocenters. The monoisotopic (exact) mass is 139 g/mol. The maximum Gasteiger partial charge on any atom is 0.0653 e. The van der Waals surface area contributed by atoms with Gasteiger partial charge in [0.25, 0.3) is 0 Å². The molecule has 3 heteroatoms. The van der Waals surface area contributed by atoms with Crippen LogP contribution in [0.5, 0.6) is 0 Å². The summed E-state index contributed by atoms with van der Waals surface area (Å²) in [7, 11) is 0. The summed E-state index contributed by atoms with van der Waals surface area (Å²) in [6.07, 6.45) is 6.71. The number of nitrogens with two attached hydrogens (primary N) is 2. The molecule has 0 amide bonds. The van der Waals surface area contributed by atoms with Crippen LogP contribution < -0.4 is 11.5 Å². The Labute approximate surface area is 60.8 Å². The molecule has 0 radical (unpaired) electrons. The van der Waals surface area contributed by atoms with Gasteiger partial charge in [-0.3, -0.25) is 4.99 Å². The lowest BCUT2D eigenvalue weighted by atomic mass is 9.94. The second-order valence-electron chi connectivity index (χ2n) is 2.53. The Morgan fingerprint density at radius 3 is 2.60 bits per heavy atom. The van der Waals surface area contributed by atoms with Crippen molar-refractivity contribution in [1.29, 1.82) is 0 Å². The van der Waals surface area contributed by atoms with E-state index in [2.05, 4.69) is 4.99 Å². The molecule has 0 aromatic rings. The predicted octanol–water partition coefficient (Wildman–Crippen LogP) is 0.368. The van der Waals surface area contributed by atoms with Gasteiger partial charge in [-0.2, -0.15) is 0 Å². The van der Waals surface area contributed by atoms with Crippen LogP contribution in [0, 0.1) is 0 Å². The lowest BCUT2D eigenvalue weighted by Crippen LogP contribution is -2.15. The number of aliphatic imine (C=N–C) groups is 1. The molecule has 56 valence electrons. The van der Waals surface area contributed by atoms with Crippen molar-refractivity contribution in [2.45, 2.75) is 25.3 Å². The van der Waals surface area contributed by atoms with E-state index in [0.717, 1.165) is 0 Å². The van der Waals surface area contributed by atoms with Gasteiger partial charge in [-0.05, 0) is 19.3 Å². The van der Waals surface area contributed by atoms with Crippen LogP contribution >= 0.6 is 0 Å². The fraction of sp³-hybridized carbons (Fsp3) is 0.571. The first-order chi connectivity index (χ1) is 4.83. The van der Waals surface area contributed by atoms with E-state index in [1.807, 2.05) is 0 Å². The van der Waals surface area contributed by atoms with E-state index in [4.69, 9.17) is 11.5 Å². The minimum Gasteiger partial charge on any atom is -0.403 e. The number of allylic oxidation sites excluding steroid dienone is 1. The van der Waals surface area contributed by atoms with Crippen LogP contribution in [0.1, 0.15) is 19.3 Å². The lowest BCUT2D eigenvalue weighted by molar-refractivity contribution is 0.421. The second-order valence-corrected chi connectivity index (χ2v) is 2.53. The highest BCUT2D eigenvalue weighted by molar-refractivity contribution is 5.77. The molecule has 0 bridgehead atoms. The van der Waals surface area contributed by atoms with Crippen LogP contribution in [0.15, 0.2) is 16.9 Å². The number of hydrogen-bond acceptors (Lipinski definition) is 3. The maximum atomic E-state index is 5.39. The third-order valence-electron chi connectivity index (χ3n) is 1.70. The van der Waals surface area contributed by atoms with E-state index in [1.165, 1.54) is 25.5 Å². The molecule has 1 saturated carbocycles. The van der Waals surface area contributed by atoms with Crippen LogP contribution in [0.4, 0.5) is 0 Å². The van der Waals surface area contributed by atoms with E-state index in [0.29, 0.717) is 11.7 Å². The summed E-state index contributed by atoms with van der Waals surface area (Å²) in [5.74, 6) is 0. The van der Waals surface area contributed by atoms with Crippen molar-refractivity contribution < 1.29 is 0 Å². The van der Waals surface area contributed by atoms with Gasteiger partial charge in [0.2, 0.25) is 0 Å². The Balaban J connectivity index is 2.27. The highest BCUT2D eigenvalue weighted by Gasteiger charge is 2.14. The number of nitrogens with zero attached hydrogens (tertiary/aromatic N) is 1. The number of rotatable bonds is 2. The fourth-order valence-electron chi connectivity index (χ4n) is 0.770. The summed E-state index contributed by atoms with van der Waals surface area (Å²) in [4.78, 5) is 4.20. The zero-order chi connectivity index (χ0) is 7.40. The summed E-state index contributed by atoms with van der Waals surface area (Å²) in [6.45, 7) is 0. The minimum atomic E-state index is 0.512. The van der Waals surface area contributed by atoms with Crippen molar-refractivity contribution in [3.63, 3.8) is 0 Å². The van der Waals surface area contributed by atoms with Crippen molar-refractivity contribution in [2.24, 2.45) is 16.5 Å². The first kappa shape index (κ1) is 7.12. The first-order valence-electron chi connectivity index (χ1n) is 3.53. The van der Waals surface area contributed by atoms with Gasteiger partial charge >= 0.3 is 0 Å². The molecule has 0 heterocycles. The Morgan fingerprint density at radius 2 is 2.20 bits per heavy atom. The highest BCUT2D eigenvalue weighted by Crippen LogP contribution is 2.21. The standard InChI is InChI=1S/C7H13N3/c8-4-6(9)5-10-7-2-1-3-7/h4-5,7H,1-3,8-9H2. The molecule has 0 saturated heterocycles. The molecule has 0 spiro atoms. The molecule has 0 aromatic heterocycles. The van der Waals surface area contributed by atoms with Gasteiger partial charge in [0.05, 0.1) is 11.7 Å². The zero-order valence-corrected chi connectivity index (χ0v) is 5.96. The summed E-state index contributed by atoms with van der Waals surface area (Å²) >= 11 is 0. The van der Waals surface area contributed by atoms with E-state index < -0.39 is 0 Å². The molecule has 1 fully saturated rings. The molecule has 10 heavy (non-hydrogen) atoms. The van der Waals surface area contributed by atoms with Gasteiger partial charge in [0.15, 0.2) is 0 Å². The molecule has 3 nitrogen and oxygen atoms in total. The average Bonchev–Trinajstić information content (AvgIpc) is 1.84. The van der Waals surface area contributed by atoms with Gasteiger partial charge in [0.1, 0.15) is 0 Å². The van der Waals surface area contributed by atoms with Gasteiger partial charge in [-0.1, -0.05) is 0 Å². The Kier molecular flexibility index (Phi) is 2.31. The van der Waals surface area contributed by atoms with Crippen molar-refractivity contribution in [3.05, 3.63) is 11.9 Å². The van der Waals surface area contributed by atoms with E-state index in [1.54, 1.807) is 6.21 Å². The summed E-state index contributed by atoms with van der Waals surface area (Å²) in [6, 6.07) is 0.512. The SMILES string of the molecule is NC=C(N)C=NC1CCC1. The normalized spacial score (nSPS) is 21.4. The summed E-state index contributed by atoms with van der Waals surface area (Å²) in [5, 5.41) is 0. The number of hydrogen-bond donors (Lipinski definition) is 2. The van der Waals surface area contributed by atoms with Crippen molar-refractivity contribution in [3.8, 4) is 0 Å². The molecular weight excluding hydrogens is 126 g/mol. The van der Waals surface area contributed by atoms with Crippen LogP contribution in [0.25, 0.3) is 0 Å². The average molecular weight is 139 g/mol. The van der Waals surface area contributed by atoms with E-state index in [9.17, 15) is 0 Å². The highest BCUT2D eigenvalue weighted by atomic mass is 14.8. The third-order valence-corrected chi connectivity index (χ3v) is 1.70. The molecule has 1 rings (SSSR count). The molecule has 0 aromatic carbocycles. The van der Waals surface area contributed by atoms with Crippen molar-refractivity contribution >= 4 is 6.21 Å². The smallest absolute Gasteiger partial charge is 0.0653 e. The van der Waals surface area contributed by atoms with Crippen LogP contribution in [0.2, 0.25) is 0 Å². The quantitative estimate of drug-likeness (QED) is 0.543. The van der Waals surface area contributed by atoms with Gasteiger partial charge in [-0.25, -0.2) is 0 Å². The van der Waals surface area contributed by atoms with E-state index in [-0.39, 0.29) is 0 Å². The second kappa shape index (κ2) is 3.25. The molecule has 1 aliphatic rings. The van der Waals surface area contributed by atoms with Crippen LogP contribution in [-0.4, -0.2) is 12.3 Å². The molecule has 0 atom stereocenters. The van der Waals surface area contributed by atoms with Crippen LogP contribution in [-0.2, 0) is 0 Å². The van der Waals surface area contributed by atoms with Gasteiger partial charge in [0, 0.05) is 12.4 Å². The molecule has 4 N–H and O–H groups in total. The van der Waals surface area contributed by atoms with Crippen LogP contribution in [0.3, 0.4) is 0 Å². The Bertz CT molecular complexity index is 156. The molecular formula is C7H13N3. The van der Waals surface area contributed by atoms with E-state index >= 15 is 0 Å². The van der Waals surface area contributed by atoms with Gasteiger partial charge in [-0.15, -0.1) is 0 Å². The Hall–Kier alpha value is -0.990. The van der Waals surface area contributed by atoms with Crippen molar-refractivity contribution in [1.82, 2.24) is 0 Å². The van der Waals surface area contributed by atoms with Gasteiger partial charge < -0.3 is 11.5 Å². The lowest BCUT2D eigenvalue weighted by Gasteiger charge is -2.20. The maximum absolute atomic E-state index is 5.39. The third kappa shape index (κ3) is 1.76. The molecule has 1 aliphatic carbocycles. The zero-order valence-electron chi connectivity index (χ0n) is 5.96. The molecule has 0 aliphatic heterocycles. The predicted molar refractivity (Wildman–Crippen MR) is 42.6 cm³/mol. The minimum absolute atomic E-state index is 0.512. The first-order valence-corrected chi connectivity index (χ1v) is 3.53. The summed E-state index contributed by atoms with van der Waals surface area (Å²) in [5.41, 5.74) is 11.1. The summed E-state index contributed by atoms with van der Waals surface area (Å²) < 4.78 is 0. The Morgan fingerprint density at radius 1 is 1.50 bits per heavy atom.